The fourth-order valence-electron chi connectivity index (χ4n) is 0.841. The van der Waals surface area contributed by atoms with Crippen molar-refractivity contribution in [2.24, 2.45) is 0 Å². The number of hydrogen-bond donors (Lipinski definition) is 2. The van der Waals surface area contributed by atoms with Gasteiger partial charge >= 0.3 is 0 Å². The molecule has 64 valence electrons. The Hall–Kier alpha value is -0.0800. The number of hydrogen-bond acceptors (Lipinski definition) is 1. The average molecular weight is 146 g/mol. The van der Waals surface area contributed by atoms with Crippen molar-refractivity contribution in [3.8, 4) is 0 Å². The van der Waals surface area contributed by atoms with Gasteiger partial charge in [-0.2, -0.15) is 7.05 Å². The zero-order valence-electron chi connectivity index (χ0n) is 6.70. The van der Waals surface area contributed by atoms with Crippen molar-refractivity contribution < 1.29 is 4.90 Å². The third-order valence-electron chi connectivity index (χ3n) is 1.48. The Labute approximate surface area is 65.6 Å². The minimum absolute atomic E-state index is 0. The molecule has 0 bridgehead atoms. The predicted octanol–water partition coefficient (Wildman–Crippen LogP) is -0.0732. The van der Waals surface area contributed by atoms with Crippen molar-refractivity contribution in [2.75, 3.05) is 20.1 Å². The number of likely N-dealkylation sites (tertiary alicyclic amines) is 1. The Morgan fingerprint density at radius 1 is 1.40 bits per heavy atom. The van der Waals surface area contributed by atoms with Crippen molar-refractivity contribution in [1.29, 1.82) is 0 Å². The monoisotopic (exact) mass is 146 g/mol. The molecular formula is C8H22N2. The summed E-state index contributed by atoms with van der Waals surface area (Å²) in [6.07, 6.45) is 0. The molecule has 1 rings (SSSR count). The lowest BCUT2D eigenvalue weighted by Crippen LogP contribution is -3.18. The van der Waals surface area contributed by atoms with Crippen LogP contribution in [0.2, 0.25) is 0 Å². The van der Waals surface area contributed by atoms with Gasteiger partial charge in [-0.3, -0.25) is 0 Å². The molecule has 2 nitrogen and oxygen atoms in total. The fraction of sp³-hybridized carbons (Fsp3) is 0.875. The fourth-order valence-corrected chi connectivity index (χ4v) is 0.841. The molecule has 2 N–H and O–H groups in total. The molecule has 0 aromatic heterocycles. The summed E-state index contributed by atoms with van der Waals surface area (Å²) in [4.78, 5) is 1.39. The molecule has 0 aromatic rings. The maximum Gasteiger partial charge on any atom is 0.102 e. The Balaban J connectivity index is 0. The molecule has 0 amide bonds. The molecule has 0 radical (unpaired) electrons. The van der Waals surface area contributed by atoms with Gasteiger partial charge in [-0.15, -0.1) is 0 Å². The zero-order chi connectivity index (χ0) is 7.28. The minimum Gasteiger partial charge on any atom is -0.465 e. The second kappa shape index (κ2) is 7.03. The third-order valence-corrected chi connectivity index (χ3v) is 1.48. The van der Waals surface area contributed by atoms with Crippen molar-refractivity contribution >= 4 is 0 Å². The molecule has 1 aliphatic rings. The van der Waals surface area contributed by atoms with Crippen LogP contribution in [-0.2, 0) is 0 Å². The summed E-state index contributed by atoms with van der Waals surface area (Å²) in [5.41, 5.74) is 0. The van der Waals surface area contributed by atoms with Gasteiger partial charge in [0, 0.05) is 0 Å². The molecule has 2 heteroatoms. The number of rotatable bonds is 1. The first-order valence-corrected chi connectivity index (χ1v) is 3.67. The van der Waals surface area contributed by atoms with Gasteiger partial charge in [0.1, 0.15) is 6.04 Å². The van der Waals surface area contributed by atoms with Crippen molar-refractivity contribution in [3.63, 3.8) is 0 Å². The van der Waals surface area contributed by atoms with Crippen molar-refractivity contribution in [2.45, 2.75) is 27.3 Å². The molecule has 0 saturated carbocycles. The molecule has 0 spiro atoms. The molecular weight excluding hydrogens is 124 g/mol. The lowest BCUT2D eigenvalue weighted by Gasteiger charge is -2.37. The van der Waals surface area contributed by atoms with Crippen LogP contribution in [0.25, 0.3) is 0 Å². The minimum atomic E-state index is 0. The molecule has 1 saturated heterocycles. The van der Waals surface area contributed by atoms with Crippen LogP contribution in [0.15, 0.2) is 0 Å². The van der Waals surface area contributed by atoms with Crippen LogP contribution >= 0.6 is 0 Å². The van der Waals surface area contributed by atoms with E-state index in [1.165, 1.54) is 18.0 Å². The van der Waals surface area contributed by atoms with Gasteiger partial charge in [0.25, 0.3) is 0 Å². The van der Waals surface area contributed by atoms with Gasteiger partial charge in [-0.1, -0.05) is 21.3 Å². The summed E-state index contributed by atoms with van der Waals surface area (Å²) in [6, 6.07) is 0.743. The highest BCUT2D eigenvalue weighted by atomic mass is 15.2. The number of quaternary nitrogens is 1. The summed E-state index contributed by atoms with van der Waals surface area (Å²) in [5, 5.41) is 3.17. The van der Waals surface area contributed by atoms with Crippen molar-refractivity contribution in [3.05, 3.63) is 7.05 Å². The van der Waals surface area contributed by atoms with E-state index >= 15 is 0 Å². The third kappa shape index (κ3) is 3.85. The number of nitrogens with one attached hydrogen (secondary N) is 2. The van der Waals surface area contributed by atoms with Crippen LogP contribution in [0, 0.1) is 7.05 Å². The first-order valence-electron chi connectivity index (χ1n) is 3.67. The summed E-state index contributed by atoms with van der Waals surface area (Å²) < 4.78 is 0. The molecule has 0 aliphatic carbocycles. The van der Waals surface area contributed by atoms with E-state index in [9.17, 15) is 0 Å². The van der Waals surface area contributed by atoms with Crippen LogP contribution in [0.5, 0.6) is 0 Å². The highest BCUT2D eigenvalue weighted by Gasteiger charge is 2.21. The summed E-state index contributed by atoms with van der Waals surface area (Å²) in [6.45, 7) is 6.38. The smallest absolute Gasteiger partial charge is 0.102 e. The Bertz CT molecular complexity index is 58.3. The van der Waals surface area contributed by atoms with E-state index in [1.54, 1.807) is 0 Å². The van der Waals surface area contributed by atoms with E-state index in [1.807, 2.05) is 20.9 Å². The van der Waals surface area contributed by atoms with Gasteiger partial charge in [-0.05, 0) is 7.05 Å². The maximum atomic E-state index is 3.82. The van der Waals surface area contributed by atoms with Gasteiger partial charge in [0.2, 0.25) is 0 Å². The predicted molar refractivity (Wildman–Crippen MR) is 47.0 cm³/mol. The first kappa shape index (κ1) is 12.6. The zero-order valence-corrected chi connectivity index (χ0v) is 6.70. The van der Waals surface area contributed by atoms with E-state index in [2.05, 4.69) is 12.4 Å². The quantitative estimate of drug-likeness (QED) is 0.495. The van der Waals surface area contributed by atoms with E-state index in [-0.39, 0.29) is 7.43 Å². The van der Waals surface area contributed by atoms with Crippen LogP contribution in [-0.4, -0.2) is 26.2 Å². The van der Waals surface area contributed by atoms with Gasteiger partial charge in [-0.25, -0.2) is 0 Å². The molecule has 1 heterocycles. The standard InChI is InChI=1S/C5H12N2.C2H6.CH4/c1-6-5-3-7(2)4-5;1-2;/h5-7H,2-4H2,1H3;1-2H3;1H4. The molecule has 1 aliphatic heterocycles. The molecule has 0 unspecified atom stereocenters. The van der Waals surface area contributed by atoms with E-state index in [0.29, 0.717) is 0 Å². The highest BCUT2D eigenvalue weighted by Crippen LogP contribution is 1.78. The second-order valence-corrected chi connectivity index (χ2v) is 2.14. The highest BCUT2D eigenvalue weighted by molar-refractivity contribution is 4.67. The van der Waals surface area contributed by atoms with Crippen LogP contribution in [0.4, 0.5) is 0 Å². The Kier molecular flexibility index (Phi) is 8.85. The maximum absolute atomic E-state index is 3.82. The van der Waals surface area contributed by atoms with Gasteiger partial charge < -0.3 is 10.2 Å². The SMILES string of the molecule is C.CC.[CH2-][NH+]1CC(NC)C1. The van der Waals surface area contributed by atoms with Crippen molar-refractivity contribution in [1.82, 2.24) is 5.32 Å². The Morgan fingerprint density at radius 2 is 1.80 bits per heavy atom. The molecule has 0 atom stereocenters. The van der Waals surface area contributed by atoms with Crippen LogP contribution in [0.1, 0.15) is 21.3 Å². The summed E-state index contributed by atoms with van der Waals surface area (Å²) in [5.74, 6) is 0. The first-order chi connectivity index (χ1) is 4.33. The van der Waals surface area contributed by atoms with Crippen LogP contribution < -0.4 is 10.2 Å². The largest absolute Gasteiger partial charge is 0.465 e. The molecule has 1 fully saturated rings. The lowest BCUT2D eigenvalue weighted by molar-refractivity contribution is -0.898. The van der Waals surface area contributed by atoms with E-state index in [0.717, 1.165) is 6.04 Å². The topological polar surface area (TPSA) is 16.5 Å². The van der Waals surface area contributed by atoms with E-state index < -0.39 is 0 Å². The number of likely N-dealkylation sites (N-methyl/N-ethyl adjacent to an activating group) is 1. The summed E-state index contributed by atoms with van der Waals surface area (Å²) in [7, 11) is 5.82. The molecule has 10 heavy (non-hydrogen) atoms. The van der Waals surface area contributed by atoms with E-state index in [4.69, 9.17) is 0 Å². The lowest BCUT2D eigenvalue weighted by atomic mass is 10.1. The average Bonchev–Trinajstić information content (AvgIpc) is 1.86. The second-order valence-electron chi connectivity index (χ2n) is 2.14. The van der Waals surface area contributed by atoms with Gasteiger partial charge in [0.15, 0.2) is 0 Å². The summed E-state index contributed by atoms with van der Waals surface area (Å²) >= 11 is 0. The normalized spacial score (nSPS) is 28.8. The van der Waals surface area contributed by atoms with Gasteiger partial charge in [0.05, 0.1) is 13.1 Å². The molecule has 0 aromatic carbocycles. The Morgan fingerprint density at radius 3 is 1.90 bits per heavy atom. The van der Waals surface area contributed by atoms with Crippen LogP contribution in [0.3, 0.4) is 0 Å².